The van der Waals surface area contributed by atoms with Gasteiger partial charge in [-0.05, 0) is 25.5 Å². The van der Waals surface area contributed by atoms with Crippen LogP contribution in [-0.2, 0) is 4.74 Å². The fourth-order valence-electron chi connectivity index (χ4n) is 1.14. The average molecular weight is 225 g/mol. The van der Waals surface area contributed by atoms with Crippen molar-refractivity contribution < 1.29 is 14.6 Å². The highest BCUT2D eigenvalue weighted by atomic mass is 16.5. The van der Waals surface area contributed by atoms with Gasteiger partial charge in [-0.1, -0.05) is 0 Å². The summed E-state index contributed by atoms with van der Waals surface area (Å²) < 4.78 is 4.95. The second-order valence-electron chi connectivity index (χ2n) is 3.44. The quantitative estimate of drug-likeness (QED) is 0.751. The molecule has 0 fully saturated rings. The highest BCUT2D eigenvalue weighted by molar-refractivity contribution is 5.85. The molecular formula is C10H15N3O3. The smallest absolute Gasteiger partial charge is 0.356 e. The first kappa shape index (κ1) is 12.4. The molecule has 0 radical (unpaired) electrons. The number of hydrogen-bond acceptors (Lipinski definition) is 5. The van der Waals surface area contributed by atoms with Crippen LogP contribution in [0.5, 0.6) is 0 Å². The van der Waals surface area contributed by atoms with E-state index < -0.39 is 5.97 Å². The number of carboxylic acids is 1. The van der Waals surface area contributed by atoms with E-state index in [0.717, 1.165) is 6.42 Å². The number of ether oxygens (including phenoxy) is 1. The van der Waals surface area contributed by atoms with Crippen molar-refractivity contribution in [2.24, 2.45) is 0 Å². The summed E-state index contributed by atoms with van der Waals surface area (Å²) in [5.41, 5.74) is -0.0601. The van der Waals surface area contributed by atoms with Crippen LogP contribution in [-0.4, -0.2) is 41.0 Å². The molecule has 1 atom stereocenters. The van der Waals surface area contributed by atoms with Gasteiger partial charge in [-0.15, -0.1) is 10.2 Å². The third kappa shape index (κ3) is 3.82. The number of rotatable bonds is 6. The molecule has 0 amide bonds. The molecule has 1 unspecified atom stereocenters. The summed E-state index contributed by atoms with van der Waals surface area (Å²) in [5, 5.41) is 19.1. The molecule has 0 saturated heterocycles. The molecule has 1 aromatic heterocycles. The Morgan fingerprint density at radius 1 is 1.56 bits per heavy atom. The lowest BCUT2D eigenvalue weighted by atomic mass is 10.2. The van der Waals surface area contributed by atoms with E-state index in [-0.39, 0.29) is 11.7 Å². The summed E-state index contributed by atoms with van der Waals surface area (Å²) in [6.07, 6.45) is 0.846. The lowest BCUT2D eigenvalue weighted by molar-refractivity contribution is 0.0689. The lowest BCUT2D eigenvalue weighted by Gasteiger charge is -2.13. The highest BCUT2D eigenvalue weighted by Crippen LogP contribution is 2.05. The molecule has 6 heteroatoms. The van der Waals surface area contributed by atoms with Crippen molar-refractivity contribution in [2.45, 2.75) is 19.4 Å². The van der Waals surface area contributed by atoms with Crippen LogP contribution in [0.4, 0.5) is 5.82 Å². The van der Waals surface area contributed by atoms with Gasteiger partial charge in [0.2, 0.25) is 0 Å². The minimum absolute atomic E-state index is 0.0601. The highest BCUT2D eigenvalue weighted by Gasteiger charge is 2.06. The van der Waals surface area contributed by atoms with E-state index in [9.17, 15) is 4.79 Å². The first-order valence-electron chi connectivity index (χ1n) is 4.96. The van der Waals surface area contributed by atoms with E-state index in [1.165, 1.54) is 6.07 Å². The van der Waals surface area contributed by atoms with Gasteiger partial charge in [0, 0.05) is 19.8 Å². The number of carbonyl (C=O) groups is 1. The maximum absolute atomic E-state index is 10.5. The number of hydrogen-bond donors (Lipinski definition) is 2. The van der Waals surface area contributed by atoms with Gasteiger partial charge in [-0.25, -0.2) is 4.79 Å². The molecule has 0 aliphatic rings. The molecule has 0 aliphatic carbocycles. The third-order valence-electron chi connectivity index (χ3n) is 2.03. The van der Waals surface area contributed by atoms with Crippen LogP contribution in [0.2, 0.25) is 0 Å². The first-order chi connectivity index (χ1) is 7.63. The van der Waals surface area contributed by atoms with Gasteiger partial charge >= 0.3 is 5.97 Å². The molecule has 0 saturated carbocycles. The van der Waals surface area contributed by atoms with Crippen LogP contribution in [0.25, 0.3) is 0 Å². The Morgan fingerprint density at radius 2 is 2.31 bits per heavy atom. The van der Waals surface area contributed by atoms with Crippen molar-refractivity contribution in [3.8, 4) is 0 Å². The van der Waals surface area contributed by atoms with Crippen LogP contribution < -0.4 is 5.32 Å². The maximum atomic E-state index is 10.5. The molecule has 0 bridgehead atoms. The number of anilines is 1. The largest absolute Gasteiger partial charge is 0.476 e. The maximum Gasteiger partial charge on any atom is 0.356 e. The molecule has 88 valence electrons. The molecule has 0 aliphatic heterocycles. The Balaban J connectivity index is 2.51. The SMILES string of the molecule is COCCC(C)Nc1ccc(C(=O)O)nn1. The Kier molecular flexibility index (Phi) is 4.65. The summed E-state index contributed by atoms with van der Waals surface area (Å²) in [6.45, 7) is 2.65. The predicted molar refractivity (Wildman–Crippen MR) is 58.6 cm³/mol. The molecule has 0 aromatic carbocycles. The van der Waals surface area contributed by atoms with E-state index >= 15 is 0 Å². The van der Waals surface area contributed by atoms with Crippen LogP contribution in [0.3, 0.4) is 0 Å². The van der Waals surface area contributed by atoms with Gasteiger partial charge in [-0.3, -0.25) is 0 Å². The van der Waals surface area contributed by atoms with Crippen LogP contribution >= 0.6 is 0 Å². The van der Waals surface area contributed by atoms with Crippen molar-refractivity contribution in [1.29, 1.82) is 0 Å². The van der Waals surface area contributed by atoms with Gasteiger partial charge in [-0.2, -0.15) is 0 Å². The van der Waals surface area contributed by atoms with Crippen LogP contribution in [0.15, 0.2) is 12.1 Å². The first-order valence-corrected chi connectivity index (χ1v) is 4.96. The molecule has 6 nitrogen and oxygen atoms in total. The number of nitrogens with one attached hydrogen (secondary N) is 1. The van der Waals surface area contributed by atoms with E-state index in [1.807, 2.05) is 6.92 Å². The summed E-state index contributed by atoms with van der Waals surface area (Å²) in [5.74, 6) is -0.514. The van der Waals surface area contributed by atoms with E-state index in [1.54, 1.807) is 13.2 Å². The minimum Gasteiger partial charge on any atom is -0.476 e. The summed E-state index contributed by atoms with van der Waals surface area (Å²) in [7, 11) is 1.65. The standard InChI is InChI=1S/C10H15N3O3/c1-7(5-6-16-2)11-9-4-3-8(10(14)15)12-13-9/h3-4,7H,5-6H2,1-2H3,(H,11,13)(H,14,15). The third-order valence-corrected chi connectivity index (χ3v) is 2.03. The Labute approximate surface area is 93.6 Å². The zero-order valence-electron chi connectivity index (χ0n) is 9.30. The zero-order chi connectivity index (χ0) is 12.0. The topological polar surface area (TPSA) is 84.3 Å². The Hall–Kier alpha value is -1.69. The van der Waals surface area contributed by atoms with Crippen molar-refractivity contribution >= 4 is 11.8 Å². The zero-order valence-corrected chi connectivity index (χ0v) is 9.30. The van der Waals surface area contributed by atoms with Gasteiger partial charge < -0.3 is 15.2 Å². The number of aromatic nitrogens is 2. The van der Waals surface area contributed by atoms with Crippen molar-refractivity contribution in [3.05, 3.63) is 17.8 Å². The van der Waals surface area contributed by atoms with Crippen molar-refractivity contribution in [1.82, 2.24) is 10.2 Å². The van der Waals surface area contributed by atoms with Gasteiger partial charge in [0.25, 0.3) is 0 Å². The number of aromatic carboxylic acids is 1. The summed E-state index contributed by atoms with van der Waals surface area (Å²) in [6, 6.07) is 3.21. The van der Waals surface area contributed by atoms with Crippen molar-refractivity contribution in [3.63, 3.8) is 0 Å². The number of carboxylic acid groups (broad SMARTS) is 1. The van der Waals surface area contributed by atoms with Crippen molar-refractivity contribution in [2.75, 3.05) is 19.0 Å². The lowest BCUT2D eigenvalue weighted by Crippen LogP contribution is -2.18. The van der Waals surface area contributed by atoms with E-state index in [2.05, 4.69) is 15.5 Å². The summed E-state index contributed by atoms with van der Waals surface area (Å²) in [4.78, 5) is 10.5. The molecule has 16 heavy (non-hydrogen) atoms. The monoisotopic (exact) mass is 225 g/mol. The fourth-order valence-corrected chi connectivity index (χ4v) is 1.14. The van der Waals surface area contributed by atoms with Gasteiger partial charge in [0.15, 0.2) is 5.69 Å². The van der Waals surface area contributed by atoms with Gasteiger partial charge in [0.05, 0.1) is 0 Å². The second-order valence-corrected chi connectivity index (χ2v) is 3.44. The predicted octanol–water partition coefficient (Wildman–Crippen LogP) is 1.01. The molecular weight excluding hydrogens is 210 g/mol. The number of nitrogens with zero attached hydrogens (tertiary/aromatic N) is 2. The summed E-state index contributed by atoms with van der Waals surface area (Å²) >= 11 is 0. The van der Waals surface area contributed by atoms with E-state index in [0.29, 0.717) is 12.4 Å². The molecule has 1 aromatic rings. The second kappa shape index (κ2) is 6.02. The Bertz CT molecular complexity index is 340. The molecule has 1 heterocycles. The fraction of sp³-hybridized carbons (Fsp3) is 0.500. The normalized spacial score (nSPS) is 12.1. The van der Waals surface area contributed by atoms with Gasteiger partial charge in [0.1, 0.15) is 5.82 Å². The number of methoxy groups -OCH3 is 1. The minimum atomic E-state index is -1.08. The molecule has 0 spiro atoms. The molecule has 1 rings (SSSR count). The Morgan fingerprint density at radius 3 is 2.81 bits per heavy atom. The van der Waals surface area contributed by atoms with Crippen LogP contribution in [0, 0.1) is 0 Å². The van der Waals surface area contributed by atoms with E-state index in [4.69, 9.17) is 9.84 Å². The van der Waals surface area contributed by atoms with Crippen LogP contribution in [0.1, 0.15) is 23.8 Å². The molecule has 2 N–H and O–H groups in total. The average Bonchev–Trinajstić information content (AvgIpc) is 2.27.